The monoisotopic (exact) mass is 285 g/mol. The molecule has 0 aromatic heterocycles. The van der Waals surface area contributed by atoms with E-state index in [1.54, 1.807) is 25.3 Å². The number of hydrogen-bond donors (Lipinski definition) is 1. The molecule has 1 amide bonds. The average Bonchev–Trinajstić information content (AvgIpc) is 2.28. The Balaban J connectivity index is 2.81. The first kappa shape index (κ1) is 13.0. The molecule has 0 aliphatic heterocycles. The standard InChI is InChI=1S/C12H16BrNO2/c1-4-8(2)14-12(15)9-5-6-11(16-3)10(13)7-9/h5-8H,4H2,1-3H3,(H,14,15). The van der Waals surface area contributed by atoms with Crippen molar-refractivity contribution >= 4 is 21.8 Å². The maximum atomic E-state index is 11.8. The Bertz CT molecular complexity index is 379. The molecule has 0 saturated carbocycles. The van der Waals surface area contributed by atoms with E-state index in [-0.39, 0.29) is 11.9 Å². The lowest BCUT2D eigenvalue weighted by molar-refractivity contribution is 0.0939. The molecule has 0 saturated heterocycles. The van der Waals surface area contributed by atoms with Crippen molar-refractivity contribution in [2.75, 3.05) is 7.11 Å². The Morgan fingerprint density at radius 3 is 2.75 bits per heavy atom. The molecular weight excluding hydrogens is 270 g/mol. The zero-order chi connectivity index (χ0) is 12.1. The van der Waals surface area contributed by atoms with E-state index < -0.39 is 0 Å². The van der Waals surface area contributed by atoms with Crippen LogP contribution >= 0.6 is 15.9 Å². The summed E-state index contributed by atoms with van der Waals surface area (Å²) in [6.45, 7) is 4.02. The number of amides is 1. The van der Waals surface area contributed by atoms with Crippen molar-refractivity contribution in [1.29, 1.82) is 0 Å². The summed E-state index contributed by atoms with van der Waals surface area (Å²) in [5.74, 6) is 0.665. The molecule has 1 rings (SSSR count). The SMILES string of the molecule is CCC(C)NC(=O)c1ccc(OC)c(Br)c1. The molecular formula is C12H16BrNO2. The number of ether oxygens (including phenoxy) is 1. The summed E-state index contributed by atoms with van der Waals surface area (Å²) in [5.41, 5.74) is 0.632. The Hall–Kier alpha value is -1.03. The molecule has 1 atom stereocenters. The second kappa shape index (κ2) is 5.89. The van der Waals surface area contributed by atoms with Crippen molar-refractivity contribution in [3.63, 3.8) is 0 Å². The van der Waals surface area contributed by atoms with Gasteiger partial charge < -0.3 is 10.1 Å². The van der Waals surface area contributed by atoms with Gasteiger partial charge in [0.15, 0.2) is 0 Å². The van der Waals surface area contributed by atoms with Crippen LogP contribution in [0.1, 0.15) is 30.6 Å². The van der Waals surface area contributed by atoms with Gasteiger partial charge >= 0.3 is 0 Å². The minimum absolute atomic E-state index is 0.0577. The fourth-order valence-corrected chi connectivity index (χ4v) is 1.76. The second-order valence-electron chi connectivity index (χ2n) is 3.63. The number of halogens is 1. The van der Waals surface area contributed by atoms with Crippen LogP contribution in [-0.4, -0.2) is 19.1 Å². The van der Waals surface area contributed by atoms with Gasteiger partial charge in [0.25, 0.3) is 5.91 Å². The molecule has 0 radical (unpaired) electrons. The van der Waals surface area contributed by atoms with Gasteiger partial charge in [-0.15, -0.1) is 0 Å². The number of carbonyl (C=O) groups is 1. The number of nitrogens with one attached hydrogen (secondary N) is 1. The van der Waals surface area contributed by atoms with Gasteiger partial charge in [-0.2, -0.15) is 0 Å². The van der Waals surface area contributed by atoms with E-state index in [4.69, 9.17) is 4.74 Å². The molecule has 1 aromatic carbocycles. The van der Waals surface area contributed by atoms with Gasteiger partial charge in [0.05, 0.1) is 11.6 Å². The number of carbonyl (C=O) groups excluding carboxylic acids is 1. The third kappa shape index (κ3) is 3.23. The predicted molar refractivity (Wildman–Crippen MR) is 67.9 cm³/mol. The van der Waals surface area contributed by atoms with E-state index in [0.29, 0.717) is 5.56 Å². The van der Waals surface area contributed by atoms with Crippen LogP contribution in [0, 0.1) is 0 Å². The summed E-state index contributed by atoms with van der Waals surface area (Å²) in [6.07, 6.45) is 0.920. The Morgan fingerprint density at radius 2 is 2.25 bits per heavy atom. The van der Waals surface area contributed by atoms with Crippen molar-refractivity contribution in [3.05, 3.63) is 28.2 Å². The highest BCUT2D eigenvalue weighted by molar-refractivity contribution is 9.10. The second-order valence-corrected chi connectivity index (χ2v) is 4.49. The molecule has 0 bridgehead atoms. The summed E-state index contributed by atoms with van der Waals surface area (Å²) < 4.78 is 5.89. The Kier molecular flexibility index (Phi) is 4.80. The molecule has 1 unspecified atom stereocenters. The van der Waals surface area contributed by atoms with Crippen LogP contribution < -0.4 is 10.1 Å². The molecule has 1 N–H and O–H groups in total. The highest BCUT2D eigenvalue weighted by atomic mass is 79.9. The minimum atomic E-state index is -0.0577. The van der Waals surface area contributed by atoms with Crippen LogP contribution in [0.15, 0.2) is 22.7 Å². The van der Waals surface area contributed by atoms with Gasteiger partial charge in [-0.1, -0.05) is 6.92 Å². The lowest BCUT2D eigenvalue weighted by Gasteiger charge is -2.12. The molecule has 0 aliphatic rings. The van der Waals surface area contributed by atoms with E-state index in [9.17, 15) is 4.79 Å². The number of rotatable bonds is 4. The Morgan fingerprint density at radius 1 is 1.56 bits per heavy atom. The maximum Gasteiger partial charge on any atom is 0.251 e. The van der Waals surface area contributed by atoms with Crippen molar-refractivity contribution in [2.24, 2.45) is 0 Å². The molecule has 88 valence electrons. The molecule has 4 heteroatoms. The van der Waals surface area contributed by atoms with E-state index in [2.05, 4.69) is 21.2 Å². The minimum Gasteiger partial charge on any atom is -0.496 e. The third-order valence-corrected chi connectivity index (χ3v) is 3.02. The van der Waals surface area contributed by atoms with Gasteiger partial charge in [0.1, 0.15) is 5.75 Å². The normalized spacial score (nSPS) is 12.0. The number of benzene rings is 1. The molecule has 0 heterocycles. The van der Waals surface area contributed by atoms with E-state index in [0.717, 1.165) is 16.6 Å². The smallest absolute Gasteiger partial charge is 0.251 e. The van der Waals surface area contributed by atoms with E-state index in [1.807, 2.05) is 13.8 Å². The van der Waals surface area contributed by atoms with Crippen molar-refractivity contribution in [1.82, 2.24) is 5.32 Å². The summed E-state index contributed by atoms with van der Waals surface area (Å²) >= 11 is 3.35. The van der Waals surface area contributed by atoms with Crippen LogP contribution in [0.25, 0.3) is 0 Å². The van der Waals surface area contributed by atoms with Gasteiger partial charge in [-0.05, 0) is 47.5 Å². The molecule has 0 fully saturated rings. The Labute approximate surface area is 104 Å². The zero-order valence-electron chi connectivity index (χ0n) is 9.71. The lowest BCUT2D eigenvalue weighted by Crippen LogP contribution is -2.31. The number of hydrogen-bond acceptors (Lipinski definition) is 2. The molecule has 16 heavy (non-hydrogen) atoms. The highest BCUT2D eigenvalue weighted by Crippen LogP contribution is 2.25. The van der Waals surface area contributed by atoms with E-state index in [1.165, 1.54) is 0 Å². The maximum absolute atomic E-state index is 11.8. The first-order valence-electron chi connectivity index (χ1n) is 5.22. The quantitative estimate of drug-likeness (QED) is 0.924. The van der Waals surface area contributed by atoms with Crippen LogP contribution in [0.5, 0.6) is 5.75 Å². The van der Waals surface area contributed by atoms with Gasteiger partial charge in [-0.3, -0.25) is 4.79 Å². The van der Waals surface area contributed by atoms with E-state index >= 15 is 0 Å². The summed E-state index contributed by atoms with van der Waals surface area (Å²) in [6, 6.07) is 5.47. The molecule has 0 spiro atoms. The van der Waals surface area contributed by atoms with Crippen LogP contribution in [0.2, 0.25) is 0 Å². The highest BCUT2D eigenvalue weighted by Gasteiger charge is 2.10. The van der Waals surface area contributed by atoms with Crippen LogP contribution in [0.3, 0.4) is 0 Å². The first-order valence-corrected chi connectivity index (χ1v) is 6.02. The average molecular weight is 286 g/mol. The molecule has 1 aromatic rings. The largest absolute Gasteiger partial charge is 0.496 e. The molecule has 3 nitrogen and oxygen atoms in total. The topological polar surface area (TPSA) is 38.3 Å². The third-order valence-electron chi connectivity index (χ3n) is 2.40. The van der Waals surface area contributed by atoms with Crippen molar-refractivity contribution in [2.45, 2.75) is 26.3 Å². The number of methoxy groups -OCH3 is 1. The predicted octanol–water partition coefficient (Wildman–Crippen LogP) is 2.99. The van der Waals surface area contributed by atoms with Crippen molar-refractivity contribution in [3.8, 4) is 5.75 Å². The fraction of sp³-hybridized carbons (Fsp3) is 0.417. The first-order chi connectivity index (χ1) is 7.58. The van der Waals surface area contributed by atoms with Gasteiger partial charge in [0, 0.05) is 11.6 Å². The van der Waals surface area contributed by atoms with Crippen LogP contribution in [0.4, 0.5) is 0 Å². The lowest BCUT2D eigenvalue weighted by atomic mass is 10.2. The van der Waals surface area contributed by atoms with Gasteiger partial charge in [-0.25, -0.2) is 0 Å². The zero-order valence-corrected chi connectivity index (χ0v) is 11.3. The summed E-state index contributed by atoms with van der Waals surface area (Å²) in [4.78, 5) is 11.8. The summed E-state index contributed by atoms with van der Waals surface area (Å²) in [7, 11) is 1.60. The van der Waals surface area contributed by atoms with Crippen LogP contribution in [-0.2, 0) is 0 Å². The molecule has 0 aliphatic carbocycles. The van der Waals surface area contributed by atoms with Gasteiger partial charge in [0.2, 0.25) is 0 Å². The fourth-order valence-electron chi connectivity index (χ4n) is 1.22. The summed E-state index contributed by atoms with van der Waals surface area (Å²) in [5, 5.41) is 2.91. The van der Waals surface area contributed by atoms with Crippen molar-refractivity contribution < 1.29 is 9.53 Å².